The molecule has 5 heavy (non-hydrogen) atoms. The van der Waals surface area contributed by atoms with Gasteiger partial charge in [0.25, 0.3) is 0 Å². The van der Waals surface area contributed by atoms with Crippen LogP contribution in [0.4, 0.5) is 0 Å². The molecule has 0 heterocycles. The van der Waals surface area contributed by atoms with Gasteiger partial charge in [0, 0.05) is 0 Å². The van der Waals surface area contributed by atoms with Crippen molar-refractivity contribution in [1.82, 2.24) is 0 Å². The molecule has 0 saturated heterocycles. The maximum absolute atomic E-state index is 3.83. The molecule has 0 nitrogen and oxygen atoms in total. The Kier molecular flexibility index (Phi) is 4.21. The van der Waals surface area contributed by atoms with Crippen LogP contribution in [0.25, 0.3) is 0 Å². The molecule has 31 valence electrons. The fraction of sp³-hybridized carbons (Fsp3) is 0.250. The van der Waals surface area contributed by atoms with Gasteiger partial charge >= 0.3 is 39.3 Å². The van der Waals surface area contributed by atoms with Crippen molar-refractivity contribution in [2.75, 3.05) is 0 Å². The van der Waals surface area contributed by atoms with Crippen LogP contribution in [-0.2, 0) is 15.3 Å². The van der Waals surface area contributed by atoms with Gasteiger partial charge in [0.1, 0.15) is 0 Å². The summed E-state index contributed by atoms with van der Waals surface area (Å²) >= 11 is 3.83. The van der Waals surface area contributed by atoms with E-state index in [-0.39, 0.29) is 0 Å². The maximum atomic E-state index is 3.83. The van der Waals surface area contributed by atoms with E-state index in [0.29, 0.717) is 0 Å². The second kappa shape index (κ2) is 4.12. The van der Waals surface area contributed by atoms with Gasteiger partial charge in [0.15, 0.2) is 0 Å². The van der Waals surface area contributed by atoms with E-state index in [4.69, 9.17) is 0 Å². The molecule has 0 rings (SSSR count). The van der Waals surface area contributed by atoms with Gasteiger partial charge in [-0.2, -0.15) is 0 Å². The van der Waals surface area contributed by atoms with E-state index in [2.05, 4.69) is 15.3 Å². The summed E-state index contributed by atoms with van der Waals surface area (Å²) in [5.74, 6) is 0. The van der Waals surface area contributed by atoms with Gasteiger partial charge in [-0.25, -0.2) is 0 Å². The Hall–Kier alpha value is 0.116. The second-order valence-electron chi connectivity index (χ2n) is 0.637. The molecule has 0 aromatic heterocycles. The Balaban J connectivity index is 2.92. The number of hydrogen-bond donors (Lipinski definition) is 0. The molecular formula is C4H6Co. The van der Waals surface area contributed by atoms with Gasteiger partial charge in [0.05, 0.1) is 0 Å². The third kappa shape index (κ3) is 4.12. The van der Waals surface area contributed by atoms with Crippen molar-refractivity contribution >= 4 is 4.96 Å². The molecule has 0 atom stereocenters. The second-order valence-corrected chi connectivity index (χ2v) is 0.984. The van der Waals surface area contributed by atoms with Crippen LogP contribution in [0.2, 0.25) is 0 Å². The van der Waals surface area contributed by atoms with Gasteiger partial charge in [-0.15, -0.1) is 0 Å². The first-order chi connectivity index (χ1) is 2.41. The summed E-state index contributed by atoms with van der Waals surface area (Å²) in [7, 11) is 0. The molecule has 0 unspecified atom stereocenters. The van der Waals surface area contributed by atoms with Crippen molar-refractivity contribution in [2.45, 2.75) is 6.92 Å². The fourth-order valence-corrected chi connectivity index (χ4v) is 0.264. The Morgan fingerprint density at radius 1 is 1.60 bits per heavy atom. The molecule has 0 aliphatic rings. The molecular weight excluding hydrogens is 107 g/mol. The molecule has 0 bridgehead atoms. The van der Waals surface area contributed by atoms with Crippen molar-refractivity contribution < 1.29 is 15.3 Å². The zero-order valence-electron chi connectivity index (χ0n) is 3.07. The summed E-state index contributed by atoms with van der Waals surface area (Å²) in [6, 6.07) is 0. The minimum absolute atomic E-state index is 1.69. The van der Waals surface area contributed by atoms with Crippen LogP contribution in [-0.4, -0.2) is 4.96 Å². The molecule has 0 aromatic rings. The number of hydrogen-bond acceptors (Lipinski definition) is 0. The van der Waals surface area contributed by atoms with Crippen molar-refractivity contribution in [3.63, 3.8) is 0 Å². The minimum atomic E-state index is 1.69. The summed E-state index contributed by atoms with van der Waals surface area (Å²) in [6.07, 6.45) is 3.78. The third-order valence-electron chi connectivity index (χ3n) is 0.257. The van der Waals surface area contributed by atoms with E-state index in [1.165, 1.54) is 0 Å². The first-order valence-electron chi connectivity index (χ1n) is 1.44. The van der Waals surface area contributed by atoms with Crippen LogP contribution in [0.5, 0.6) is 0 Å². The van der Waals surface area contributed by atoms with Gasteiger partial charge in [-0.05, 0) is 0 Å². The molecule has 0 spiro atoms. The van der Waals surface area contributed by atoms with Gasteiger partial charge in [-0.3, -0.25) is 0 Å². The molecule has 0 N–H and O–H groups in total. The standard InChI is InChI=1S/C4H6.Co/c1-3-4-2;/h1,3-4H,2H3;. The summed E-state index contributed by atoms with van der Waals surface area (Å²) < 4.78 is 0. The summed E-state index contributed by atoms with van der Waals surface area (Å²) in [6.45, 7) is 1.95. The molecule has 0 saturated carbocycles. The van der Waals surface area contributed by atoms with Crippen LogP contribution in [0.15, 0.2) is 12.2 Å². The predicted molar refractivity (Wildman–Crippen MR) is 20.9 cm³/mol. The van der Waals surface area contributed by atoms with E-state index in [1.54, 1.807) is 4.96 Å². The zero-order chi connectivity index (χ0) is 4.12. The molecule has 0 aliphatic carbocycles. The van der Waals surface area contributed by atoms with E-state index < -0.39 is 0 Å². The van der Waals surface area contributed by atoms with Crippen LogP contribution < -0.4 is 0 Å². The van der Waals surface area contributed by atoms with Crippen molar-refractivity contribution in [2.24, 2.45) is 0 Å². The van der Waals surface area contributed by atoms with Crippen LogP contribution in [0, 0.1) is 0 Å². The van der Waals surface area contributed by atoms with Gasteiger partial charge in [-0.1, -0.05) is 0 Å². The van der Waals surface area contributed by atoms with E-state index >= 15 is 0 Å². The Morgan fingerprint density at radius 3 is 2.20 bits per heavy atom. The van der Waals surface area contributed by atoms with Crippen molar-refractivity contribution in [3.8, 4) is 0 Å². The number of allylic oxidation sites excluding steroid dienone is 2. The topological polar surface area (TPSA) is 0 Å². The molecule has 0 aliphatic heterocycles. The average molecular weight is 113 g/mol. The van der Waals surface area contributed by atoms with E-state index in [0.717, 1.165) is 0 Å². The Bertz CT molecular complexity index is 45.6. The van der Waals surface area contributed by atoms with Gasteiger partial charge < -0.3 is 0 Å². The molecule has 0 fully saturated rings. The van der Waals surface area contributed by atoms with Gasteiger partial charge in [0.2, 0.25) is 0 Å². The quantitative estimate of drug-likeness (QED) is 0.474. The Labute approximate surface area is 40.0 Å². The van der Waals surface area contributed by atoms with Crippen LogP contribution in [0.3, 0.4) is 0 Å². The number of rotatable bonds is 1. The SMILES string of the molecule is CC=C[CH]=[Co]. The first-order valence-corrected chi connectivity index (χ1v) is 2.04. The predicted octanol–water partition coefficient (Wildman–Crippen LogP) is 0.911. The van der Waals surface area contributed by atoms with E-state index in [1.807, 2.05) is 19.1 Å². The molecule has 0 aromatic carbocycles. The Morgan fingerprint density at radius 2 is 2.20 bits per heavy atom. The fourth-order valence-electron chi connectivity index (χ4n) is 0.0642. The third-order valence-corrected chi connectivity index (χ3v) is 0.457. The van der Waals surface area contributed by atoms with Crippen molar-refractivity contribution in [1.29, 1.82) is 0 Å². The van der Waals surface area contributed by atoms with Crippen LogP contribution in [0.1, 0.15) is 6.92 Å². The van der Waals surface area contributed by atoms with E-state index in [9.17, 15) is 0 Å². The van der Waals surface area contributed by atoms with Crippen molar-refractivity contribution in [3.05, 3.63) is 12.2 Å². The zero-order valence-corrected chi connectivity index (χ0v) is 4.11. The molecule has 0 radical (unpaired) electrons. The normalized spacial score (nSPS) is 9.20. The average Bonchev–Trinajstić information content (AvgIpc) is 1.41. The monoisotopic (exact) mass is 113 g/mol. The summed E-state index contributed by atoms with van der Waals surface area (Å²) in [5.41, 5.74) is 0. The molecule has 1 heteroatoms. The summed E-state index contributed by atoms with van der Waals surface area (Å²) in [4.78, 5) is 1.69. The first kappa shape index (κ1) is 5.12. The van der Waals surface area contributed by atoms with Crippen LogP contribution >= 0.6 is 0 Å². The molecule has 0 amide bonds. The summed E-state index contributed by atoms with van der Waals surface area (Å²) in [5, 5.41) is 0.